The smallest absolute Gasteiger partial charge is 0.248 e. The molecule has 4 rings (SSSR count). The topological polar surface area (TPSA) is 87.0 Å². The van der Waals surface area contributed by atoms with Crippen LogP contribution < -0.4 is 0 Å². The molecule has 1 amide bonds. The molecule has 0 N–H and O–H groups in total. The maximum atomic E-state index is 13.3. The Morgan fingerprint density at radius 1 is 0.971 bits per heavy atom. The molecule has 3 aromatic rings. The summed E-state index contributed by atoms with van der Waals surface area (Å²) in [4.78, 5) is 17.2. The lowest BCUT2D eigenvalue weighted by molar-refractivity contribution is -0.132. The Morgan fingerprint density at radius 2 is 1.50 bits per heavy atom. The van der Waals surface area contributed by atoms with Crippen molar-refractivity contribution < 1.29 is 17.7 Å². The van der Waals surface area contributed by atoms with Crippen LogP contribution in [0.4, 0.5) is 0 Å². The maximum Gasteiger partial charge on any atom is 0.248 e. The van der Waals surface area contributed by atoms with Crippen molar-refractivity contribution >= 4 is 15.9 Å². The minimum atomic E-state index is -3.68. The summed E-state index contributed by atoms with van der Waals surface area (Å²) in [6, 6.07) is 19.7. The molecule has 0 bridgehead atoms. The second kappa shape index (κ2) is 10.1. The molecule has 1 saturated heterocycles. The van der Waals surface area contributed by atoms with E-state index < -0.39 is 10.0 Å². The van der Waals surface area contributed by atoms with Gasteiger partial charge in [-0.3, -0.25) is 9.69 Å². The highest BCUT2D eigenvalue weighted by Crippen LogP contribution is 2.28. The van der Waals surface area contributed by atoms with Gasteiger partial charge in [0.1, 0.15) is 10.6 Å². The van der Waals surface area contributed by atoms with E-state index in [-0.39, 0.29) is 23.4 Å². The summed E-state index contributed by atoms with van der Waals surface area (Å²) >= 11 is 0. The van der Waals surface area contributed by atoms with Gasteiger partial charge in [-0.2, -0.15) is 4.31 Å². The van der Waals surface area contributed by atoms with Crippen LogP contribution in [0, 0.1) is 13.8 Å². The third-order valence-corrected chi connectivity index (χ3v) is 8.41. The molecule has 1 aliphatic rings. The van der Waals surface area contributed by atoms with Gasteiger partial charge in [0.25, 0.3) is 0 Å². The highest BCUT2D eigenvalue weighted by molar-refractivity contribution is 7.89. The molecule has 2 heterocycles. The van der Waals surface area contributed by atoms with Crippen molar-refractivity contribution in [1.29, 1.82) is 0 Å². The number of hydrogen-bond donors (Lipinski definition) is 0. The molecular weight excluding hydrogens is 452 g/mol. The van der Waals surface area contributed by atoms with Crippen LogP contribution in [0.3, 0.4) is 0 Å². The number of nitrogens with zero attached hydrogens (tertiary/aromatic N) is 4. The summed E-state index contributed by atoms with van der Waals surface area (Å²) in [7, 11) is -1.85. The molecule has 0 saturated carbocycles. The predicted molar refractivity (Wildman–Crippen MR) is 129 cm³/mol. The van der Waals surface area contributed by atoms with Crippen molar-refractivity contribution in [3.05, 3.63) is 83.2 Å². The minimum absolute atomic E-state index is 0.0141. The molecule has 0 atom stereocenters. The number of likely N-dealkylation sites (N-methyl/N-ethyl adjacent to an activating group) is 1. The van der Waals surface area contributed by atoms with Gasteiger partial charge in [-0.1, -0.05) is 65.8 Å². The molecule has 8 nitrogen and oxygen atoms in total. The van der Waals surface area contributed by atoms with E-state index in [0.717, 1.165) is 11.1 Å². The van der Waals surface area contributed by atoms with Crippen molar-refractivity contribution in [1.82, 2.24) is 19.3 Å². The number of aryl methyl sites for hydroxylation is 2. The number of aromatic nitrogens is 1. The number of rotatable bonds is 7. The molecule has 9 heteroatoms. The average molecular weight is 483 g/mol. The zero-order valence-corrected chi connectivity index (χ0v) is 20.5. The van der Waals surface area contributed by atoms with Crippen molar-refractivity contribution in [2.45, 2.75) is 24.8 Å². The van der Waals surface area contributed by atoms with Gasteiger partial charge in [0.05, 0.1) is 12.6 Å². The Hall–Kier alpha value is -3.01. The van der Waals surface area contributed by atoms with Crippen LogP contribution in [0.1, 0.15) is 28.6 Å². The van der Waals surface area contributed by atoms with Crippen molar-refractivity contribution in [3.8, 4) is 0 Å². The first-order valence-electron chi connectivity index (χ1n) is 11.3. The summed E-state index contributed by atoms with van der Waals surface area (Å²) in [6.45, 7) is 5.03. The Kier molecular flexibility index (Phi) is 7.16. The molecule has 34 heavy (non-hydrogen) atoms. The summed E-state index contributed by atoms with van der Waals surface area (Å²) in [6.07, 6.45) is 0. The maximum absolute atomic E-state index is 13.3. The summed E-state index contributed by atoms with van der Waals surface area (Å²) < 4.78 is 32.6. The van der Waals surface area contributed by atoms with E-state index in [9.17, 15) is 13.2 Å². The van der Waals surface area contributed by atoms with Gasteiger partial charge in [-0.05, 0) is 25.0 Å². The lowest BCUT2D eigenvalue weighted by Gasteiger charge is -2.35. The van der Waals surface area contributed by atoms with Gasteiger partial charge < -0.3 is 9.42 Å². The van der Waals surface area contributed by atoms with Gasteiger partial charge in [0.15, 0.2) is 5.76 Å². The highest BCUT2D eigenvalue weighted by Gasteiger charge is 2.34. The zero-order valence-electron chi connectivity index (χ0n) is 19.7. The third kappa shape index (κ3) is 4.91. The first-order chi connectivity index (χ1) is 16.3. The van der Waals surface area contributed by atoms with E-state index in [0.29, 0.717) is 37.6 Å². The van der Waals surface area contributed by atoms with Gasteiger partial charge in [-0.15, -0.1) is 0 Å². The van der Waals surface area contributed by atoms with E-state index in [2.05, 4.69) is 5.16 Å². The SMILES string of the molecule is Cc1noc(C)c1S(=O)(=O)N1CCN(CC(=O)N(C)C(c2ccccc2)c2ccccc2)CC1. The Bertz CT molecular complexity index is 1160. The average Bonchev–Trinajstić information content (AvgIpc) is 3.19. The number of piperazine rings is 1. The number of hydrogen-bond acceptors (Lipinski definition) is 6. The van der Waals surface area contributed by atoms with Crippen LogP contribution in [0.15, 0.2) is 70.1 Å². The predicted octanol–water partition coefficient (Wildman–Crippen LogP) is 2.85. The molecule has 0 unspecified atom stereocenters. The first kappa shape index (κ1) is 24.1. The summed E-state index contributed by atoms with van der Waals surface area (Å²) in [5.41, 5.74) is 2.45. The van der Waals surface area contributed by atoms with E-state index in [4.69, 9.17) is 4.52 Å². The third-order valence-electron chi connectivity index (χ3n) is 6.27. The normalized spacial score (nSPS) is 15.5. The Labute approximate surface area is 200 Å². The van der Waals surface area contributed by atoms with E-state index in [1.807, 2.05) is 72.6 Å². The van der Waals surface area contributed by atoms with E-state index in [1.54, 1.807) is 18.7 Å². The second-order valence-corrected chi connectivity index (χ2v) is 10.4. The lowest BCUT2D eigenvalue weighted by atomic mass is 9.97. The first-order valence-corrected chi connectivity index (χ1v) is 12.7. The fourth-order valence-corrected chi connectivity index (χ4v) is 6.17. The molecule has 1 aromatic heterocycles. The van der Waals surface area contributed by atoms with Gasteiger partial charge >= 0.3 is 0 Å². The number of carbonyl (C=O) groups is 1. The number of carbonyl (C=O) groups excluding carboxylic acids is 1. The monoisotopic (exact) mass is 482 g/mol. The fraction of sp³-hybridized carbons (Fsp3) is 0.360. The molecule has 1 fully saturated rings. The fourth-order valence-electron chi connectivity index (χ4n) is 4.46. The molecule has 0 aliphatic carbocycles. The molecule has 1 aliphatic heterocycles. The molecular formula is C25H30N4O4S. The van der Waals surface area contributed by atoms with Crippen LogP contribution in [0.25, 0.3) is 0 Å². The van der Waals surface area contributed by atoms with Crippen LogP contribution in [0.2, 0.25) is 0 Å². The van der Waals surface area contributed by atoms with E-state index in [1.165, 1.54) is 4.31 Å². The quantitative estimate of drug-likeness (QED) is 0.515. The van der Waals surface area contributed by atoms with Crippen LogP contribution >= 0.6 is 0 Å². The molecule has 0 spiro atoms. The van der Waals surface area contributed by atoms with Crippen molar-refractivity contribution in [2.24, 2.45) is 0 Å². The Morgan fingerprint density at radius 3 is 1.97 bits per heavy atom. The number of benzene rings is 2. The summed E-state index contributed by atoms with van der Waals surface area (Å²) in [5, 5.41) is 3.78. The molecule has 0 radical (unpaired) electrons. The van der Waals surface area contributed by atoms with Crippen LogP contribution in [-0.4, -0.2) is 73.4 Å². The van der Waals surface area contributed by atoms with Gasteiger partial charge in [-0.25, -0.2) is 8.42 Å². The van der Waals surface area contributed by atoms with Crippen LogP contribution in [-0.2, 0) is 14.8 Å². The van der Waals surface area contributed by atoms with Crippen molar-refractivity contribution in [3.63, 3.8) is 0 Å². The standard InChI is InChI=1S/C25H30N4O4S/c1-19-25(20(2)33-26-19)34(31,32)29-16-14-28(15-17-29)18-23(30)27(3)24(21-10-6-4-7-11-21)22-12-8-5-9-13-22/h4-13,24H,14-18H2,1-3H3. The summed E-state index contributed by atoms with van der Waals surface area (Å²) in [5.74, 6) is 0.282. The zero-order chi connectivity index (χ0) is 24.3. The second-order valence-electron chi connectivity index (χ2n) is 8.56. The lowest BCUT2D eigenvalue weighted by Crippen LogP contribution is -2.51. The van der Waals surface area contributed by atoms with Crippen LogP contribution in [0.5, 0.6) is 0 Å². The van der Waals surface area contributed by atoms with E-state index >= 15 is 0 Å². The molecule has 2 aromatic carbocycles. The van der Waals surface area contributed by atoms with Gasteiger partial charge in [0.2, 0.25) is 15.9 Å². The number of sulfonamides is 1. The largest absolute Gasteiger partial charge is 0.360 e. The minimum Gasteiger partial charge on any atom is -0.360 e. The Balaban J connectivity index is 1.43. The number of amides is 1. The highest BCUT2D eigenvalue weighted by atomic mass is 32.2. The van der Waals surface area contributed by atoms with Crippen molar-refractivity contribution in [2.75, 3.05) is 39.8 Å². The molecule has 180 valence electrons. The van der Waals surface area contributed by atoms with Gasteiger partial charge in [0, 0.05) is 33.2 Å².